The van der Waals surface area contributed by atoms with Crippen molar-refractivity contribution < 1.29 is 23.1 Å². The number of hydrogen-bond acceptors (Lipinski definition) is 5. The van der Waals surface area contributed by atoms with Crippen molar-refractivity contribution in [2.75, 3.05) is 11.9 Å². The first-order chi connectivity index (χ1) is 20.8. The van der Waals surface area contributed by atoms with E-state index >= 15 is 0 Å². The Labute approximate surface area is 249 Å². The second kappa shape index (κ2) is 11.9. The summed E-state index contributed by atoms with van der Waals surface area (Å²) in [6, 6.07) is 24.6. The SMILES string of the molecule is O=C(Nc1ccc2ccccc2c1)[C@H](Cc1c[nH]c2ccccc12)NC(=O)[C@@H]1CCCCN1S(=O)(=O)c1cccc(O)c1. The number of fused-ring (bicyclic) bond motifs is 2. The molecule has 4 N–H and O–H groups in total. The molecule has 43 heavy (non-hydrogen) atoms. The van der Waals surface area contributed by atoms with Crippen molar-refractivity contribution in [2.45, 2.75) is 42.7 Å². The number of sulfonamides is 1. The van der Waals surface area contributed by atoms with Crippen LogP contribution in [-0.4, -0.2) is 53.3 Å². The summed E-state index contributed by atoms with van der Waals surface area (Å²) in [4.78, 5) is 30.7. The van der Waals surface area contributed by atoms with Crippen LogP contribution in [0, 0.1) is 0 Å². The van der Waals surface area contributed by atoms with Gasteiger partial charge in [0.15, 0.2) is 0 Å². The van der Waals surface area contributed by atoms with Crippen molar-refractivity contribution in [3.05, 3.63) is 103 Å². The number of carbonyl (C=O) groups is 2. The van der Waals surface area contributed by atoms with Crippen molar-refractivity contribution in [1.82, 2.24) is 14.6 Å². The number of para-hydroxylation sites is 1. The number of phenolic OH excluding ortho intramolecular Hbond substituents is 1. The summed E-state index contributed by atoms with van der Waals surface area (Å²) in [6.45, 7) is 0.159. The van der Waals surface area contributed by atoms with Crippen LogP contribution in [0.4, 0.5) is 5.69 Å². The summed E-state index contributed by atoms with van der Waals surface area (Å²) < 4.78 is 28.3. The molecule has 0 saturated carbocycles. The van der Waals surface area contributed by atoms with E-state index in [9.17, 15) is 23.1 Å². The first-order valence-electron chi connectivity index (χ1n) is 14.3. The van der Waals surface area contributed by atoms with Crippen molar-refractivity contribution in [1.29, 1.82) is 0 Å². The van der Waals surface area contributed by atoms with Gasteiger partial charge in [0, 0.05) is 35.8 Å². The Bertz CT molecular complexity index is 1920. The molecule has 0 bridgehead atoms. The fourth-order valence-corrected chi connectivity index (χ4v) is 7.42. The van der Waals surface area contributed by atoms with E-state index in [1.165, 1.54) is 28.6 Å². The highest BCUT2D eigenvalue weighted by Gasteiger charge is 2.39. The number of hydrogen-bond donors (Lipinski definition) is 4. The molecule has 1 aromatic heterocycles. The standard InChI is InChI=1S/C33H32N4O5S/c38-26-10-7-11-27(20-26)43(41,42)37-17-6-5-14-31(37)33(40)36-30(19-24-21-34-29-13-4-3-12-28(24)29)32(39)35-25-16-15-22-8-1-2-9-23(22)18-25/h1-4,7-13,15-16,18,20-21,30-31,34,38H,5-6,14,17,19H2,(H,35,39)(H,36,40)/t30-,31-/m0/s1. The van der Waals surface area contributed by atoms with Crippen molar-refractivity contribution in [3.63, 3.8) is 0 Å². The van der Waals surface area contributed by atoms with Crippen LogP contribution in [-0.2, 0) is 26.0 Å². The molecule has 1 fully saturated rings. The number of aromatic nitrogens is 1. The Balaban J connectivity index is 1.29. The van der Waals surface area contributed by atoms with E-state index in [1.807, 2.05) is 72.9 Å². The minimum Gasteiger partial charge on any atom is -0.508 e. The predicted molar refractivity (Wildman–Crippen MR) is 166 cm³/mol. The van der Waals surface area contributed by atoms with Gasteiger partial charge in [-0.05, 0) is 65.6 Å². The Morgan fingerprint density at radius 3 is 2.56 bits per heavy atom. The molecule has 0 aliphatic carbocycles. The quantitative estimate of drug-likeness (QED) is 0.202. The molecule has 10 heteroatoms. The van der Waals surface area contributed by atoms with E-state index in [0.717, 1.165) is 27.2 Å². The Hall–Kier alpha value is -4.67. The molecule has 2 heterocycles. The Kier molecular flexibility index (Phi) is 7.88. The van der Waals surface area contributed by atoms with E-state index in [0.29, 0.717) is 24.9 Å². The molecular weight excluding hydrogens is 564 g/mol. The fourth-order valence-electron chi connectivity index (χ4n) is 5.73. The molecule has 5 aromatic rings. The smallest absolute Gasteiger partial charge is 0.247 e. The van der Waals surface area contributed by atoms with E-state index in [1.54, 1.807) is 0 Å². The van der Waals surface area contributed by atoms with Gasteiger partial charge in [0.25, 0.3) is 0 Å². The molecule has 0 spiro atoms. The van der Waals surface area contributed by atoms with Gasteiger partial charge in [-0.15, -0.1) is 0 Å². The summed E-state index contributed by atoms with van der Waals surface area (Å²) in [7, 11) is -4.08. The molecule has 1 aliphatic rings. The molecule has 9 nitrogen and oxygen atoms in total. The van der Waals surface area contributed by atoms with Gasteiger partial charge in [0.2, 0.25) is 21.8 Å². The van der Waals surface area contributed by atoms with E-state index in [4.69, 9.17) is 0 Å². The number of benzene rings is 4. The molecular formula is C33H32N4O5S. The van der Waals surface area contributed by atoms with Gasteiger partial charge in [0.05, 0.1) is 4.90 Å². The summed E-state index contributed by atoms with van der Waals surface area (Å²) in [5.41, 5.74) is 2.35. The fraction of sp³-hybridized carbons (Fsp3) is 0.212. The minimum atomic E-state index is -4.08. The van der Waals surface area contributed by atoms with Crippen LogP contribution in [0.3, 0.4) is 0 Å². The molecule has 0 unspecified atom stereocenters. The normalized spacial score (nSPS) is 16.6. The number of carbonyl (C=O) groups excluding carboxylic acids is 2. The van der Waals surface area contributed by atoms with Gasteiger partial charge >= 0.3 is 0 Å². The molecule has 1 aliphatic heterocycles. The van der Waals surface area contributed by atoms with Crippen LogP contribution in [0.1, 0.15) is 24.8 Å². The highest BCUT2D eigenvalue weighted by Crippen LogP contribution is 2.28. The van der Waals surface area contributed by atoms with Gasteiger partial charge in [0.1, 0.15) is 17.8 Å². The van der Waals surface area contributed by atoms with Gasteiger partial charge in [-0.2, -0.15) is 4.31 Å². The van der Waals surface area contributed by atoms with Crippen molar-refractivity contribution in [2.24, 2.45) is 0 Å². The average molecular weight is 597 g/mol. The highest BCUT2D eigenvalue weighted by atomic mass is 32.2. The summed E-state index contributed by atoms with van der Waals surface area (Å²) in [6.07, 6.45) is 3.60. The van der Waals surface area contributed by atoms with Gasteiger partial charge in [-0.25, -0.2) is 8.42 Å². The van der Waals surface area contributed by atoms with Crippen LogP contribution in [0.5, 0.6) is 5.75 Å². The van der Waals surface area contributed by atoms with Gasteiger partial charge in [-0.1, -0.05) is 61.0 Å². The number of piperidine rings is 1. The lowest BCUT2D eigenvalue weighted by Crippen LogP contribution is -2.56. The maximum atomic E-state index is 13.8. The van der Waals surface area contributed by atoms with Crippen LogP contribution < -0.4 is 10.6 Å². The average Bonchev–Trinajstić information content (AvgIpc) is 3.43. The number of nitrogens with one attached hydrogen (secondary N) is 3. The maximum Gasteiger partial charge on any atom is 0.247 e. The summed E-state index contributed by atoms with van der Waals surface area (Å²) in [5.74, 6) is -1.13. The number of aromatic hydroxyl groups is 1. The predicted octanol–water partition coefficient (Wildman–Crippen LogP) is 4.94. The number of H-pyrrole nitrogens is 1. The molecule has 0 radical (unpaired) electrons. The number of anilines is 1. The second-order valence-corrected chi connectivity index (χ2v) is 12.7. The number of aromatic amines is 1. The second-order valence-electron chi connectivity index (χ2n) is 10.8. The third-order valence-electron chi connectivity index (χ3n) is 7.93. The number of amides is 2. The van der Waals surface area contributed by atoms with Crippen LogP contribution >= 0.6 is 0 Å². The topological polar surface area (TPSA) is 132 Å². The summed E-state index contributed by atoms with van der Waals surface area (Å²) >= 11 is 0. The zero-order valence-corrected chi connectivity index (χ0v) is 24.2. The zero-order valence-electron chi connectivity index (χ0n) is 23.4. The monoisotopic (exact) mass is 596 g/mol. The van der Waals surface area contributed by atoms with Crippen LogP contribution in [0.2, 0.25) is 0 Å². The first kappa shape index (κ1) is 28.4. The Morgan fingerprint density at radius 2 is 1.72 bits per heavy atom. The zero-order chi connectivity index (χ0) is 30.0. The van der Waals surface area contributed by atoms with Crippen molar-refractivity contribution in [3.8, 4) is 5.75 Å². The van der Waals surface area contributed by atoms with Crippen LogP contribution in [0.25, 0.3) is 21.7 Å². The number of rotatable bonds is 8. The maximum absolute atomic E-state index is 13.8. The molecule has 4 aromatic carbocycles. The number of phenols is 1. The summed E-state index contributed by atoms with van der Waals surface area (Å²) in [5, 5.41) is 18.7. The third-order valence-corrected chi connectivity index (χ3v) is 9.83. The van der Waals surface area contributed by atoms with Gasteiger partial charge < -0.3 is 20.7 Å². The molecule has 220 valence electrons. The lowest BCUT2D eigenvalue weighted by molar-refractivity contribution is -0.129. The van der Waals surface area contributed by atoms with E-state index in [2.05, 4.69) is 15.6 Å². The lowest BCUT2D eigenvalue weighted by Gasteiger charge is -2.34. The molecule has 2 amide bonds. The van der Waals surface area contributed by atoms with Crippen molar-refractivity contribution >= 4 is 49.2 Å². The van der Waals surface area contributed by atoms with E-state index in [-0.39, 0.29) is 23.6 Å². The molecule has 2 atom stereocenters. The van der Waals surface area contributed by atoms with E-state index < -0.39 is 33.9 Å². The largest absolute Gasteiger partial charge is 0.508 e. The molecule has 1 saturated heterocycles. The third kappa shape index (κ3) is 5.97. The number of nitrogens with zero attached hydrogens (tertiary/aromatic N) is 1. The Morgan fingerprint density at radius 1 is 0.930 bits per heavy atom. The highest BCUT2D eigenvalue weighted by molar-refractivity contribution is 7.89. The molecule has 6 rings (SSSR count). The van der Waals surface area contributed by atoms with Crippen LogP contribution in [0.15, 0.2) is 102 Å². The lowest BCUT2D eigenvalue weighted by atomic mass is 10.0. The first-order valence-corrected chi connectivity index (χ1v) is 15.7. The van der Waals surface area contributed by atoms with Gasteiger partial charge in [-0.3, -0.25) is 9.59 Å². The minimum absolute atomic E-state index is 0.0865.